The van der Waals surface area contributed by atoms with Gasteiger partial charge in [0.25, 0.3) is 0 Å². The predicted octanol–water partition coefficient (Wildman–Crippen LogP) is 3.79. The average molecular weight is 333 g/mol. The molecule has 0 saturated heterocycles. The summed E-state index contributed by atoms with van der Waals surface area (Å²) in [5, 5.41) is 3.72. The summed E-state index contributed by atoms with van der Waals surface area (Å²) in [4.78, 5) is 25.8. The number of rotatable bonds is 4. The van der Waals surface area contributed by atoms with Gasteiger partial charge in [0, 0.05) is 11.3 Å². The van der Waals surface area contributed by atoms with Gasteiger partial charge < -0.3 is 10.1 Å². The number of carbonyl (C=O) groups is 2. The molecule has 1 aromatic heterocycles. The van der Waals surface area contributed by atoms with E-state index in [0.717, 1.165) is 36.7 Å². The molecule has 1 aromatic rings. The topological polar surface area (TPSA) is 55.4 Å². The Hall–Kier alpha value is -1.36. The Morgan fingerprint density at radius 2 is 2.13 bits per heavy atom. The maximum atomic E-state index is 12.5. The van der Waals surface area contributed by atoms with Crippen LogP contribution in [0.1, 0.15) is 59.3 Å². The SMILES string of the molecule is COC(=O)c1c(NC(=O)C[C@H]2C[C@@H]3CC[C@H]2C3)sc2c1CCC2. The second-order valence-corrected chi connectivity index (χ2v) is 8.35. The van der Waals surface area contributed by atoms with Gasteiger partial charge in [0.15, 0.2) is 0 Å². The number of ether oxygens (including phenoxy) is 1. The van der Waals surface area contributed by atoms with Crippen LogP contribution in [-0.2, 0) is 22.4 Å². The molecule has 3 atom stereocenters. The van der Waals surface area contributed by atoms with Gasteiger partial charge in [-0.15, -0.1) is 11.3 Å². The van der Waals surface area contributed by atoms with Crippen molar-refractivity contribution < 1.29 is 14.3 Å². The molecule has 1 N–H and O–H groups in total. The molecule has 0 unspecified atom stereocenters. The fraction of sp³-hybridized carbons (Fsp3) is 0.667. The van der Waals surface area contributed by atoms with Gasteiger partial charge in [-0.25, -0.2) is 4.79 Å². The number of carbonyl (C=O) groups excluding carboxylic acids is 2. The van der Waals surface area contributed by atoms with Gasteiger partial charge in [0.1, 0.15) is 5.00 Å². The number of aryl methyl sites for hydroxylation is 1. The fourth-order valence-corrected chi connectivity index (χ4v) is 6.15. The van der Waals surface area contributed by atoms with Crippen molar-refractivity contribution in [1.29, 1.82) is 0 Å². The van der Waals surface area contributed by atoms with Gasteiger partial charge in [0.2, 0.25) is 5.91 Å². The van der Waals surface area contributed by atoms with E-state index in [9.17, 15) is 9.59 Å². The highest BCUT2D eigenvalue weighted by atomic mass is 32.1. The zero-order valence-electron chi connectivity index (χ0n) is 13.5. The van der Waals surface area contributed by atoms with E-state index in [1.165, 1.54) is 37.7 Å². The van der Waals surface area contributed by atoms with Gasteiger partial charge in [-0.05, 0) is 61.8 Å². The van der Waals surface area contributed by atoms with E-state index in [1.807, 2.05) is 0 Å². The molecule has 1 heterocycles. The monoisotopic (exact) mass is 333 g/mol. The van der Waals surface area contributed by atoms with Crippen LogP contribution in [0.2, 0.25) is 0 Å². The number of amides is 1. The lowest BCUT2D eigenvalue weighted by Crippen LogP contribution is -2.21. The molecule has 124 valence electrons. The summed E-state index contributed by atoms with van der Waals surface area (Å²) in [5.41, 5.74) is 1.70. The molecule has 0 aliphatic heterocycles. The van der Waals surface area contributed by atoms with Crippen LogP contribution < -0.4 is 5.32 Å². The minimum absolute atomic E-state index is 0.0626. The number of anilines is 1. The fourth-order valence-electron chi connectivity index (χ4n) is 4.85. The maximum absolute atomic E-state index is 12.5. The smallest absolute Gasteiger partial charge is 0.341 e. The van der Waals surface area contributed by atoms with Crippen LogP contribution >= 0.6 is 11.3 Å². The van der Waals surface area contributed by atoms with Crippen LogP contribution in [0.25, 0.3) is 0 Å². The third kappa shape index (κ3) is 2.69. The van der Waals surface area contributed by atoms with E-state index in [2.05, 4.69) is 5.32 Å². The summed E-state index contributed by atoms with van der Waals surface area (Å²) in [6, 6.07) is 0. The molecule has 0 aromatic carbocycles. The Morgan fingerprint density at radius 1 is 1.26 bits per heavy atom. The molecule has 5 heteroatoms. The molecular weight excluding hydrogens is 310 g/mol. The second-order valence-electron chi connectivity index (χ2n) is 7.24. The van der Waals surface area contributed by atoms with Crippen LogP contribution in [0, 0.1) is 17.8 Å². The van der Waals surface area contributed by atoms with Gasteiger partial charge in [0.05, 0.1) is 12.7 Å². The van der Waals surface area contributed by atoms with E-state index in [1.54, 1.807) is 11.3 Å². The normalized spacial score (nSPS) is 28.0. The summed E-state index contributed by atoms with van der Waals surface area (Å²) in [7, 11) is 1.40. The molecular formula is C18H23NO3S. The Balaban J connectivity index is 1.48. The zero-order chi connectivity index (χ0) is 16.0. The van der Waals surface area contributed by atoms with E-state index in [-0.39, 0.29) is 11.9 Å². The Morgan fingerprint density at radius 3 is 2.83 bits per heavy atom. The van der Waals surface area contributed by atoms with Crippen molar-refractivity contribution in [2.24, 2.45) is 17.8 Å². The molecule has 4 rings (SSSR count). The minimum atomic E-state index is -0.320. The third-order valence-electron chi connectivity index (χ3n) is 5.90. The van der Waals surface area contributed by atoms with Gasteiger partial charge >= 0.3 is 5.97 Å². The van der Waals surface area contributed by atoms with Crippen LogP contribution in [0.3, 0.4) is 0 Å². The minimum Gasteiger partial charge on any atom is -0.465 e. The number of methoxy groups -OCH3 is 1. The van der Waals surface area contributed by atoms with Crippen LogP contribution in [0.4, 0.5) is 5.00 Å². The first kappa shape index (κ1) is 15.2. The number of esters is 1. The first-order valence-corrected chi connectivity index (χ1v) is 9.50. The summed E-state index contributed by atoms with van der Waals surface area (Å²) in [5.74, 6) is 1.89. The lowest BCUT2D eigenvalue weighted by molar-refractivity contribution is -0.117. The molecule has 23 heavy (non-hydrogen) atoms. The van der Waals surface area contributed by atoms with Crippen molar-refractivity contribution in [2.75, 3.05) is 12.4 Å². The standard InChI is InChI=1S/C18H23NO3S/c1-22-18(21)16-13-3-2-4-14(13)23-17(16)19-15(20)9-12-8-10-5-6-11(12)7-10/h10-12H,2-9H2,1H3,(H,19,20)/t10-,11+,12-/m1/s1. The molecule has 2 bridgehead atoms. The van der Waals surface area contributed by atoms with Crippen molar-refractivity contribution >= 4 is 28.2 Å². The number of nitrogens with one attached hydrogen (secondary N) is 1. The molecule has 2 saturated carbocycles. The number of hydrogen-bond acceptors (Lipinski definition) is 4. The average Bonchev–Trinajstić information content (AvgIpc) is 3.26. The van der Waals surface area contributed by atoms with Crippen LogP contribution in [0.5, 0.6) is 0 Å². The number of fused-ring (bicyclic) bond motifs is 3. The van der Waals surface area contributed by atoms with Crippen LogP contribution in [0.15, 0.2) is 0 Å². The molecule has 3 aliphatic carbocycles. The van der Waals surface area contributed by atoms with Crippen molar-refractivity contribution in [3.63, 3.8) is 0 Å². The number of hydrogen-bond donors (Lipinski definition) is 1. The number of thiophene rings is 1. The van der Waals surface area contributed by atoms with E-state index in [4.69, 9.17) is 4.74 Å². The highest BCUT2D eigenvalue weighted by molar-refractivity contribution is 7.17. The molecule has 4 nitrogen and oxygen atoms in total. The lowest BCUT2D eigenvalue weighted by atomic mass is 9.86. The highest BCUT2D eigenvalue weighted by Gasteiger charge is 2.40. The summed E-state index contributed by atoms with van der Waals surface area (Å²) in [6.45, 7) is 0. The third-order valence-corrected chi connectivity index (χ3v) is 7.10. The van der Waals surface area contributed by atoms with Crippen molar-refractivity contribution in [2.45, 2.75) is 51.4 Å². The van der Waals surface area contributed by atoms with E-state index >= 15 is 0 Å². The van der Waals surface area contributed by atoms with Gasteiger partial charge in [-0.3, -0.25) is 4.79 Å². The summed E-state index contributed by atoms with van der Waals surface area (Å²) >= 11 is 1.56. The highest BCUT2D eigenvalue weighted by Crippen LogP contribution is 2.49. The van der Waals surface area contributed by atoms with Gasteiger partial charge in [-0.2, -0.15) is 0 Å². The second kappa shape index (κ2) is 5.93. The molecule has 3 aliphatic rings. The van der Waals surface area contributed by atoms with Crippen molar-refractivity contribution in [3.05, 3.63) is 16.0 Å². The van der Waals surface area contributed by atoms with Crippen molar-refractivity contribution in [1.82, 2.24) is 0 Å². The zero-order valence-corrected chi connectivity index (χ0v) is 14.3. The summed E-state index contributed by atoms with van der Waals surface area (Å²) < 4.78 is 4.93. The van der Waals surface area contributed by atoms with Gasteiger partial charge in [-0.1, -0.05) is 6.42 Å². The quantitative estimate of drug-likeness (QED) is 0.853. The first-order valence-electron chi connectivity index (χ1n) is 8.68. The van der Waals surface area contributed by atoms with E-state index in [0.29, 0.717) is 22.9 Å². The van der Waals surface area contributed by atoms with Crippen molar-refractivity contribution in [3.8, 4) is 0 Å². The Bertz CT molecular complexity index is 651. The molecule has 0 spiro atoms. The Labute approximate surface area is 140 Å². The van der Waals surface area contributed by atoms with E-state index < -0.39 is 0 Å². The largest absolute Gasteiger partial charge is 0.465 e. The first-order chi connectivity index (χ1) is 11.2. The molecule has 0 radical (unpaired) electrons. The van der Waals surface area contributed by atoms with Crippen LogP contribution in [-0.4, -0.2) is 19.0 Å². The summed E-state index contributed by atoms with van der Waals surface area (Å²) in [6.07, 6.45) is 8.79. The molecule has 1 amide bonds. The lowest BCUT2D eigenvalue weighted by Gasteiger charge is -2.20. The predicted molar refractivity (Wildman–Crippen MR) is 89.9 cm³/mol. The Kier molecular flexibility index (Phi) is 3.92. The molecule has 2 fully saturated rings. The maximum Gasteiger partial charge on any atom is 0.341 e.